The van der Waals surface area contributed by atoms with E-state index in [1.165, 1.54) is 5.56 Å². The molecule has 0 saturated carbocycles. The first-order chi connectivity index (χ1) is 10.2. The first kappa shape index (κ1) is 13.9. The summed E-state index contributed by atoms with van der Waals surface area (Å²) in [5.41, 5.74) is 4.04. The van der Waals surface area contributed by atoms with Crippen LogP contribution in [-0.4, -0.2) is 10.8 Å². The number of carbonyl (C=O) groups excluding carboxylic acids is 1. The number of hydrogen-bond acceptors (Lipinski definition) is 1. The van der Waals surface area contributed by atoms with E-state index in [2.05, 4.69) is 18.0 Å². The minimum absolute atomic E-state index is 0.122. The lowest BCUT2D eigenvalue weighted by Gasteiger charge is -2.02. The predicted octanol–water partition coefficient (Wildman–Crippen LogP) is 4.81. The summed E-state index contributed by atoms with van der Waals surface area (Å²) >= 11 is 5.87. The number of hydrogen-bond donors (Lipinski definition) is 1. The molecule has 3 rings (SSSR count). The summed E-state index contributed by atoms with van der Waals surface area (Å²) in [6.45, 7) is 2.12. The zero-order chi connectivity index (χ0) is 14.8. The standard InChI is InChI=1S/C18H16ClNO/c1-2-13-4-3-5-15-16(11-20-18(13)15)17(21)10-12-6-8-14(19)9-7-12/h3-9,11,20H,2,10H2,1H3. The minimum atomic E-state index is 0.122. The average Bonchev–Trinajstić information content (AvgIpc) is 2.93. The average molecular weight is 298 g/mol. The predicted molar refractivity (Wildman–Crippen MR) is 87.2 cm³/mol. The summed E-state index contributed by atoms with van der Waals surface area (Å²) in [6.07, 6.45) is 3.16. The molecule has 2 nitrogen and oxygen atoms in total. The fourth-order valence-corrected chi connectivity index (χ4v) is 2.75. The first-order valence-electron chi connectivity index (χ1n) is 7.05. The Morgan fingerprint density at radius 1 is 1.14 bits per heavy atom. The van der Waals surface area contributed by atoms with Crippen molar-refractivity contribution in [2.75, 3.05) is 0 Å². The fraction of sp³-hybridized carbons (Fsp3) is 0.167. The highest BCUT2D eigenvalue weighted by molar-refractivity contribution is 6.30. The Labute approximate surface area is 128 Å². The van der Waals surface area contributed by atoms with Gasteiger partial charge in [0.1, 0.15) is 0 Å². The molecule has 0 aliphatic rings. The molecule has 1 aromatic heterocycles. The Kier molecular flexibility index (Phi) is 3.80. The van der Waals surface area contributed by atoms with Gasteiger partial charge in [0.15, 0.2) is 5.78 Å². The molecule has 106 valence electrons. The van der Waals surface area contributed by atoms with E-state index in [1.807, 2.05) is 42.6 Å². The summed E-state index contributed by atoms with van der Waals surface area (Å²) < 4.78 is 0. The SMILES string of the molecule is CCc1cccc2c(C(=O)Cc3ccc(Cl)cc3)c[nH]c12. The van der Waals surface area contributed by atoms with Crippen LogP contribution < -0.4 is 0 Å². The van der Waals surface area contributed by atoms with Gasteiger partial charge in [-0.2, -0.15) is 0 Å². The Hall–Kier alpha value is -2.06. The molecule has 0 unspecified atom stereocenters. The topological polar surface area (TPSA) is 32.9 Å². The highest BCUT2D eigenvalue weighted by Gasteiger charge is 2.13. The van der Waals surface area contributed by atoms with E-state index in [0.717, 1.165) is 28.5 Å². The van der Waals surface area contributed by atoms with Crippen LogP contribution in [0.3, 0.4) is 0 Å². The molecule has 2 aromatic carbocycles. The molecule has 0 aliphatic heterocycles. The molecule has 21 heavy (non-hydrogen) atoms. The number of aromatic nitrogens is 1. The Morgan fingerprint density at radius 2 is 1.90 bits per heavy atom. The Morgan fingerprint density at radius 3 is 2.62 bits per heavy atom. The fourth-order valence-electron chi connectivity index (χ4n) is 2.63. The molecular weight excluding hydrogens is 282 g/mol. The third-order valence-corrected chi connectivity index (χ3v) is 4.01. The number of H-pyrrole nitrogens is 1. The zero-order valence-electron chi connectivity index (χ0n) is 11.8. The molecule has 0 spiro atoms. The molecule has 3 aromatic rings. The van der Waals surface area contributed by atoms with Crippen LogP contribution in [0.25, 0.3) is 10.9 Å². The third-order valence-electron chi connectivity index (χ3n) is 3.76. The van der Waals surface area contributed by atoms with Crippen molar-refractivity contribution in [3.8, 4) is 0 Å². The molecule has 0 atom stereocenters. The van der Waals surface area contributed by atoms with Gasteiger partial charge in [-0.15, -0.1) is 0 Å². The van der Waals surface area contributed by atoms with E-state index in [0.29, 0.717) is 11.4 Å². The molecule has 3 heteroatoms. The number of rotatable bonds is 4. The van der Waals surface area contributed by atoms with Crippen LogP contribution in [0.4, 0.5) is 0 Å². The van der Waals surface area contributed by atoms with E-state index in [9.17, 15) is 4.79 Å². The lowest BCUT2D eigenvalue weighted by atomic mass is 10.0. The van der Waals surface area contributed by atoms with Gasteiger partial charge >= 0.3 is 0 Å². The van der Waals surface area contributed by atoms with E-state index in [4.69, 9.17) is 11.6 Å². The highest BCUT2D eigenvalue weighted by atomic mass is 35.5. The maximum atomic E-state index is 12.5. The number of Topliss-reactive ketones (excluding diaryl/α,β-unsaturated/α-hetero) is 1. The summed E-state index contributed by atoms with van der Waals surface area (Å²) in [5.74, 6) is 0.122. The number of carbonyl (C=O) groups is 1. The van der Waals surface area contributed by atoms with E-state index in [1.54, 1.807) is 0 Å². The summed E-state index contributed by atoms with van der Waals surface area (Å²) in [6, 6.07) is 13.5. The van der Waals surface area contributed by atoms with Gasteiger partial charge in [-0.1, -0.05) is 48.9 Å². The van der Waals surface area contributed by atoms with Crippen molar-refractivity contribution in [3.63, 3.8) is 0 Å². The van der Waals surface area contributed by atoms with E-state index >= 15 is 0 Å². The lowest BCUT2D eigenvalue weighted by molar-refractivity contribution is 0.0994. The number of ketones is 1. The lowest BCUT2D eigenvalue weighted by Crippen LogP contribution is -2.02. The summed E-state index contributed by atoms with van der Waals surface area (Å²) in [7, 11) is 0. The van der Waals surface area contributed by atoms with Crippen LogP contribution in [0.2, 0.25) is 5.02 Å². The number of fused-ring (bicyclic) bond motifs is 1. The van der Waals surface area contributed by atoms with Crippen molar-refractivity contribution in [3.05, 3.63) is 70.4 Å². The molecule has 0 aliphatic carbocycles. The van der Waals surface area contributed by atoms with Crippen molar-refractivity contribution >= 4 is 28.3 Å². The van der Waals surface area contributed by atoms with Gasteiger partial charge in [-0.05, 0) is 29.7 Å². The number of benzene rings is 2. The van der Waals surface area contributed by atoms with Gasteiger partial charge in [0.2, 0.25) is 0 Å². The zero-order valence-corrected chi connectivity index (χ0v) is 12.6. The smallest absolute Gasteiger partial charge is 0.169 e. The van der Waals surface area contributed by atoms with Crippen molar-refractivity contribution in [2.45, 2.75) is 19.8 Å². The van der Waals surface area contributed by atoms with Gasteiger partial charge in [0.05, 0.1) is 0 Å². The molecule has 0 bridgehead atoms. The van der Waals surface area contributed by atoms with Gasteiger partial charge in [-0.3, -0.25) is 4.79 Å². The van der Waals surface area contributed by atoms with Crippen LogP contribution in [0.1, 0.15) is 28.4 Å². The van der Waals surface area contributed by atoms with Gasteiger partial charge in [0.25, 0.3) is 0 Å². The Bertz CT molecular complexity index is 787. The van der Waals surface area contributed by atoms with E-state index < -0.39 is 0 Å². The van der Waals surface area contributed by atoms with Crippen LogP contribution in [0.5, 0.6) is 0 Å². The number of aromatic amines is 1. The summed E-state index contributed by atoms with van der Waals surface area (Å²) in [5, 5.41) is 1.69. The van der Waals surface area contributed by atoms with Crippen molar-refractivity contribution in [2.24, 2.45) is 0 Å². The summed E-state index contributed by atoms with van der Waals surface area (Å²) in [4.78, 5) is 15.8. The Balaban J connectivity index is 1.93. The second-order valence-electron chi connectivity index (χ2n) is 5.12. The van der Waals surface area contributed by atoms with Crippen LogP contribution in [0, 0.1) is 0 Å². The normalized spacial score (nSPS) is 11.0. The van der Waals surface area contributed by atoms with Crippen molar-refractivity contribution in [1.29, 1.82) is 0 Å². The van der Waals surface area contributed by atoms with Gasteiger partial charge in [0, 0.05) is 34.1 Å². The van der Waals surface area contributed by atoms with Crippen molar-refractivity contribution in [1.82, 2.24) is 4.98 Å². The quantitative estimate of drug-likeness (QED) is 0.689. The van der Waals surface area contributed by atoms with Crippen LogP contribution >= 0.6 is 11.6 Å². The van der Waals surface area contributed by atoms with Gasteiger partial charge in [-0.25, -0.2) is 0 Å². The largest absolute Gasteiger partial charge is 0.360 e. The van der Waals surface area contributed by atoms with Crippen molar-refractivity contribution < 1.29 is 4.79 Å². The van der Waals surface area contributed by atoms with Crippen LogP contribution in [0.15, 0.2) is 48.7 Å². The van der Waals surface area contributed by atoms with E-state index in [-0.39, 0.29) is 5.78 Å². The second kappa shape index (κ2) is 5.74. The molecule has 0 amide bonds. The first-order valence-corrected chi connectivity index (χ1v) is 7.43. The molecule has 1 heterocycles. The second-order valence-corrected chi connectivity index (χ2v) is 5.56. The maximum Gasteiger partial charge on any atom is 0.169 e. The number of halogens is 1. The molecule has 0 saturated heterocycles. The third kappa shape index (κ3) is 2.72. The van der Waals surface area contributed by atoms with Gasteiger partial charge < -0.3 is 4.98 Å². The number of aryl methyl sites for hydroxylation is 1. The highest BCUT2D eigenvalue weighted by Crippen LogP contribution is 2.23. The molecule has 0 fully saturated rings. The van der Waals surface area contributed by atoms with Crippen LogP contribution in [-0.2, 0) is 12.8 Å². The number of para-hydroxylation sites is 1. The monoisotopic (exact) mass is 297 g/mol. The maximum absolute atomic E-state index is 12.5. The molecule has 0 radical (unpaired) electrons. The number of nitrogens with one attached hydrogen (secondary N) is 1. The molecule has 1 N–H and O–H groups in total. The minimum Gasteiger partial charge on any atom is -0.360 e. The molecular formula is C18H16ClNO.